The highest BCUT2D eigenvalue weighted by atomic mass is 19.1. The van der Waals surface area contributed by atoms with Gasteiger partial charge < -0.3 is 15.8 Å². The Morgan fingerprint density at radius 3 is 3.00 bits per heavy atom. The molecule has 0 saturated carbocycles. The summed E-state index contributed by atoms with van der Waals surface area (Å²) < 4.78 is 17.6. The van der Waals surface area contributed by atoms with E-state index < -0.39 is 5.82 Å². The highest BCUT2D eigenvalue weighted by Gasteiger charge is 2.06. The Labute approximate surface area is 114 Å². The first kappa shape index (κ1) is 13.7. The summed E-state index contributed by atoms with van der Waals surface area (Å²) in [5.74, 6) is -1.05. The van der Waals surface area contributed by atoms with E-state index in [4.69, 9.17) is 5.73 Å². The second-order valence-electron chi connectivity index (χ2n) is 4.01. The average Bonchev–Trinajstić information content (AvgIpc) is 2.43. The number of nitrogens with zero attached hydrogens (tertiary/aromatic N) is 2. The van der Waals surface area contributed by atoms with Crippen molar-refractivity contribution in [3.63, 3.8) is 0 Å². The van der Waals surface area contributed by atoms with Crippen LogP contribution in [0.2, 0.25) is 0 Å². The molecule has 0 amide bonds. The molecule has 1 aromatic carbocycles. The highest BCUT2D eigenvalue weighted by molar-refractivity contribution is 5.73. The Hall–Kier alpha value is -2.70. The van der Waals surface area contributed by atoms with Crippen molar-refractivity contribution >= 4 is 23.4 Å². The molecule has 7 heteroatoms. The van der Waals surface area contributed by atoms with Crippen molar-refractivity contribution < 1.29 is 13.9 Å². The van der Waals surface area contributed by atoms with Gasteiger partial charge in [0.25, 0.3) is 0 Å². The number of nitrogens with one attached hydrogen (secondary N) is 1. The molecule has 20 heavy (non-hydrogen) atoms. The van der Waals surface area contributed by atoms with Gasteiger partial charge in [-0.2, -0.15) is 4.98 Å². The molecule has 3 N–H and O–H groups in total. The zero-order valence-electron chi connectivity index (χ0n) is 10.8. The number of halogens is 1. The van der Waals surface area contributed by atoms with E-state index in [0.29, 0.717) is 5.69 Å². The van der Waals surface area contributed by atoms with Gasteiger partial charge in [0.1, 0.15) is 0 Å². The minimum atomic E-state index is -0.671. The monoisotopic (exact) mass is 276 g/mol. The molecule has 0 aliphatic heterocycles. The topological polar surface area (TPSA) is 90.1 Å². The first-order valence-corrected chi connectivity index (χ1v) is 5.79. The van der Waals surface area contributed by atoms with Crippen LogP contribution in [0.4, 0.5) is 21.8 Å². The number of carbonyl (C=O) groups is 1. The zero-order chi connectivity index (χ0) is 14.5. The van der Waals surface area contributed by atoms with E-state index in [2.05, 4.69) is 20.0 Å². The third-order valence-corrected chi connectivity index (χ3v) is 2.53. The van der Waals surface area contributed by atoms with E-state index in [1.54, 1.807) is 24.3 Å². The van der Waals surface area contributed by atoms with Crippen LogP contribution in [0.1, 0.15) is 5.56 Å². The fraction of sp³-hybridized carbons (Fsp3) is 0.154. The van der Waals surface area contributed by atoms with Crippen LogP contribution in [-0.4, -0.2) is 23.0 Å². The molecule has 6 nitrogen and oxygen atoms in total. The van der Waals surface area contributed by atoms with Gasteiger partial charge in [0.05, 0.1) is 19.7 Å². The number of carbonyl (C=O) groups excluding carboxylic acids is 1. The van der Waals surface area contributed by atoms with Crippen LogP contribution in [0.3, 0.4) is 0 Å². The van der Waals surface area contributed by atoms with Crippen molar-refractivity contribution in [3.8, 4) is 0 Å². The summed E-state index contributed by atoms with van der Waals surface area (Å²) in [6, 6.07) is 7.08. The van der Waals surface area contributed by atoms with E-state index in [-0.39, 0.29) is 24.2 Å². The second kappa shape index (κ2) is 5.96. The molecule has 0 radical (unpaired) electrons. The van der Waals surface area contributed by atoms with E-state index in [0.717, 1.165) is 11.8 Å². The fourth-order valence-electron chi connectivity index (χ4n) is 1.57. The molecule has 1 aromatic heterocycles. The summed E-state index contributed by atoms with van der Waals surface area (Å²) in [6.07, 6.45) is 1.15. The molecular formula is C13H13FN4O2. The zero-order valence-corrected chi connectivity index (χ0v) is 10.8. The Balaban J connectivity index is 2.14. The van der Waals surface area contributed by atoms with Crippen molar-refractivity contribution in [3.05, 3.63) is 41.8 Å². The van der Waals surface area contributed by atoms with Gasteiger partial charge in [0.15, 0.2) is 11.6 Å². The number of rotatable bonds is 4. The third kappa shape index (κ3) is 3.41. The number of nitrogens with two attached hydrogens (primary N) is 1. The van der Waals surface area contributed by atoms with Crippen molar-refractivity contribution in [2.45, 2.75) is 6.42 Å². The minimum absolute atomic E-state index is 0.165. The predicted octanol–water partition coefficient (Wildman–Crippen LogP) is 1.66. The lowest BCUT2D eigenvalue weighted by Crippen LogP contribution is -2.05. The Morgan fingerprint density at radius 1 is 1.50 bits per heavy atom. The number of anilines is 3. The summed E-state index contributed by atoms with van der Waals surface area (Å²) >= 11 is 0. The molecule has 2 aromatic rings. The summed E-state index contributed by atoms with van der Waals surface area (Å²) in [7, 11) is 1.33. The van der Waals surface area contributed by atoms with Crippen LogP contribution in [-0.2, 0) is 16.0 Å². The van der Waals surface area contributed by atoms with Gasteiger partial charge in [-0.1, -0.05) is 12.1 Å². The minimum Gasteiger partial charge on any atom is -0.469 e. The summed E-state index contributed by atoms with van der Waals surface area (Å²) in [4.78, 5) is 18.7. The second-order valence-corrected chi connectivity index (χ2v) is 4.01. The lowest BCUT2D eigenvalue weighted by molar-refractivity contribution is -0.139. The molecule has 0 atom stereocenters. The molecule has 0 spiro atoms. The molecule has 104 valence electrons. The van der Waals surface area contributed by atoms with Crippen LogP contribution in [0.15, 0.2) is 30.5 Å². The SMILES string of the molecule is COC(=O)Cc1cccc(Nc2ncc(F)c(N)n2)c1. The number of benzene rings is 1. The third-order valence-electron chi connectivity index (χ3n) is 2.53. The Morgan fingerprint density at radius 2 is 2.30 bits per heavy atom. The van der Waals surface area contributed by atoms with E-state index in [1.807, 2.05) is 0 Å². The maximum absolute atomic E-state index is 13.0. The Bertz CT molecular complexity index is 634. The maximum atomic E-state index is 13.0. The molecule has 0 aliphatic carbocycles. The predicted molar refractivity (Wildman–Crippen MR) is 71.8 cm³/mol. The van der Waals surface area contributed by atoms with Gasteiger partial charge in [-0.05, 0) is 17.7 Å². The van der Waals surface area contributed by atoms with Crippen LogP contribution in [0.25, 0.3) is 0 Å². The van der Waals surface area contributed by atoms with E-state index >= 15 is 0 Å². The fourth-order valence-corrected chi connectivity index (χ4v) is 1.57. The van der Waals surface area contributed by atoms with Crippen molar-refractivity contribution in [1.29, 1.82) is 0 Å². The van der Waals surface area contributed by atoms with E-state index in [1.165, 1.54) is 7.11 Å². The van der Waals surface area contributed by atoms with Crippen LogP contribution >= 0.6 is 0 Å². The molecular weight excluding hydrogens is 263 g/mol. The number of aromatic nitrogens is 2. The summed E-state index contributed by atoms with van der Waals surface area (Å²) in [6.45, 7) is 0. The quantitative estimate of drug-likeness (QED) is 0.825. The lowest BCUT2D eigenvalue weighted by Gasteiger charge is -2.07. The maximum Gasteiger partial charge on any atom is 0.309 e. The normalized spacial score (nSPS) is 10.1. The number of hydrogen-bond donors (Lipinski definition) is 2. The number of methoxy groups -OCH3 is 1. The Kier molecular flexibility index (Phi) is 4.09. The van der Waals surface area contributed by atoms with Gasteiger partial charge in [0, 0.05) is 5.69 Å². The van der Waals surface area contributed by atoms with Gasteiger partial charge in [-0.15, -0.1) is 0 Å². The number of hydrogen-bond acceptors (Lipinski definition) is 6. The lowest BCUT2D eigenvalue weighted by atomic mass is 10.1. The highest BCUT2D eigenvalue weighted by Crippen LogP contribution is 2.16. The largest absolute Gasteiger partial charge is 0.469 e. The van der Waals surface area contributed by atoms with Crippen molar-refractivity contribution in [2.75, 3.05) is 18.2 Å². The van der Waals surface area contributed by atoms with Crippen LogP contribution in [0, 0.1) is 5.82 Å². The molecule has 0 aliphatic rings. The number of ether oxygens (including phenoxy) is 1. The number of esters is 1. The number of nitrogen functional groups attached to an aromatic ring is 1. The first-order valence-electron chi connectivity index (χ1n) is 5.79. The average molecular weight is 276 g/mol. The van der Waals surface area contributed by atoms with Crippen LogP contribution < -0.4 is 11.1 Å². The van der Waals surface area contributed by atoms with E-state index in [9.17, 15) is 9.18 Å². The summed E-state index contributed by atoms with van der Waals surface area (Å²) in [5, 5.41) is 2.88. The van der Waals surface area contributed by atoms with Crippen molar-refractivity contribution in [2.24, 2.45) is 0 Å². The van der Waals surface area contributed by atoms with Gasteiger partial charge in [0.2, 0.25) is 5.95 Å². The first-order chi connectivity index (χ1) is 9.58. The molecule has 0 bridgehead atoms. The molecule has 0 saturated heterocycles. The molecule has 2 rings (SSSR count). The molecule has 1 heterocycles. The standard InChI is InChI=1S/C13H13FN4O2/c1-20-11(19)6-8-3-2-4-9(5-8)17-13-16-7-10(14)12(15)18-13/h2-5,7H,6H2,1H3,(H3,15,16,17,18). The van der Waals surface area contributed by atoms with Gasteiger partial charge in [-0.3, -0.25) is 4.79 Å². The van der Waals surface area contributed by atoms with Crippen molar-refractivity contribution in [1.82, 2.24) is 9.97 Å². The smallest absolute Gasteiger partial charge is 0.309 e. The van der Waals surface area contributed by atoms with Gasteiger partial charge in [-0.25, -0.2) is 9.37 Å². The van der Waals surface area contributed by atoms with Crippen LogP contribution in [0.5, 0.6) is 0 Å². The molecule has 0 fully saturated rings. The molecule has 0 unspecified atom stereocenters. The summed E-state index contributed by atoms with van der Waals surface area (Å²) in [5.41, 5.74) is 6.80. The van der Waals surface area contributed by atoms with Gasteiger partial charge >= 0.3 is 5.97 Å².